The van der Waals surface area contributed by atoms with Gasteiger partial charge >= 0.3 is 0 Å². The SMILES string of the molecule is CC(c1ccccc1)(c1ccccc1)C1(O[Si](C)(C)C)c2ccccc2Oc2ccccc21. The van der Waals surface area contributed by atoms with Crippen LogP contribution in [0.1, 0.15) is 29.2 Å². The lowest BCUT2D eigenvalue weighted by Crippen LogP contribution is -2.56. The fraction of sp³-hybridized carbons (Fsp3) is 0.200. The zero-order chi connectivity index (χ0) is 23.1. The molecule has 2 nitrogen and oxygen atoms in total. The second-order valence-electron chi connectivity index (χ2n) is 9.85. The number of para-hydroxylation sites is 2. The predicted octanol–water partition coefficient (Wildman–Crippen LogP) is 7.89. The van der Waals surface area contributed by atoms with Gasteiger partial charge in [0, 0.05) is 11.1 Å². The van der Waals surface area contributed by atoms with Gasteiger partial charge in [-0.2, -0.15) is 0 Å². The van der Waals surface area contributed by atoms with Crippen molar-refractivity contribution in [3.05, 3.63) is 131 Å². The molecule has 0 unspecified atom stereocenters. The molecule has 0 amide bonds. The monoisotopic (exact) mass is 450 g/mol. The highest BCUT2D eigenvalue weighted by Gasteiger charge is 2.59. The number of rotatable bonds is 5. The molecule has 0 spiro atoms. The van der Waals surface area contributed by atoms with Crippen molar-refractivity contribution in [3.63, 3.8) is 0 Å². The van der Waals surface area contributed by atoms with E-state index in [1.165, 1.54) is 11.1 Å². The first kappa shape index (κ1) is 21.7. The van der Waals surface area contributed by atoms with E-state index in [1.807, 2.05) is 12.1 Å². The van der Waals surface area contributed by atoms with Gasteiger partial charge in [-0.25, -0.2) is 0 Å². The van der Waals surface area contributed by atoms with E-state index in [9.17, 15) is 0 Å². The van der Waals surface area contributed by atoms with Gasteiger partial charge in [0.05, 0.1) is 5.41 Å². The van der Waals surface area contributed by atoms with Crippen LogP contribution >= 0.6 is 0 Å². The molecule has 1 aliphatic rings. The van der Waals surface area contributed by atoms with E-state index in [0.29, 0.717) is 0 Å². The standard InChI is InChI=1S/C30H30O2Si/c1-29(23-15-7-5-8-16-23,24-17-9-6-10-18-24)30(32-33(2,3)4)25-19-11-13-21-27(25)31-28-22-14-12-20-26(28)30/h5-22H,1-4H3. The van der Waals surface area contributed by atoms with E-state index in [2.05, 4.69) is 124 Å². The Morgan fingerprint density at radius 2 is 1.00 bits per heavy atom. The maximum atomic E-state index is 7.45. The third-order valence-corrected chi connectivity index (χ3v) is 7.54. The van der Waals surface area contributed by atoms with Crippen molar-refractivity contribution in [2.45, 2.75) is 37.6 Å². The summed E-state index contributed by atoms with van der Waals surface area (Å²) in [5, 5.41) is 0. The van der Waals surface area contributed by atoms with Gasteiger partial charge in [-0.1, -0.05) is 97.1 Å². The lowest BCUT2D eigenvalue weighted by atomic mass is 9.58. The first-order chi connectivity index (χ1) is 15.9. The number of ether oxygens (including phenoxy) is 1. The van der Waals surface area contributed by atoms with Crippen molar-refractivity contribution in [1.82, 2.24) is 0 Å². The Labute approximate surface area is 198 Å². The fourth-order valence-corrected chi connectivity index (χ4v) is 6.63. The summed E-state index contributed by atoms with van der Waals surface area (Å²) in [5.74, 6) is 1.71. The molecule has 1 heterocycles. The van der Waals surface area contributed by atoms with Gasteiger partial charge in [-0.05, 0) is 49.8 Å². The molecular formula is C30H30O2Si. The first-order valence-corrected chi connectivity index (χ1v) is 15.0. The van der Waals surface area contributed by atoms with E-state index < -0.39 is 19.3 Å². The van der Waals surface area contributed by atoms with Crippen LogP contribution in [0, 0.1) is 0 Å². The summed E-state index contributed by atoms with van der Waals surface area (Å²) in [6, 6.07) is 38.3. The molecular weight excluding hydrogens is 420 g/mol. The Morgan fingerprint density at radius 1 is 0.606 bits per heavy atom. The summed E-state index contributed by atoms with van der Waals surface area (Å²) in [5.41, 5.74) is 3.27. The molecule has 3 heteroatoms. The topological polar surface area (TPSA) is 18.5 Å². The summed E-state index contributed by atoms with van der Waals surface area (Å²) in [6.07, 6.45) is 0. The highest BCUT2D eigenvalue weighted by Crippen LogP contribution is 2.60. The molecule has 0 fully saturated rings. The van der Waals surface area contributed by atoms with E-state index in [-0.39, 0.29) is 0 Å². The molecule has 0 bridgehead atoms. The molecule has 0 N–H and O–H groups in total. The van der Waals surface area contributed by atoms with Crippen LogP contribution in [0.15, 0.2) is 109 Å². The molecule has 4 aromatic rings. The Morgan fingerprint density at radius 3 is 1.42 bits per heavy atom. The minimum absolute atomic E-state index is 0.522. The smallest absolute Gasteiger partial charge is 0.185 e. The average Bonchev–Trinajstić information content (AvgIpc) is 2.83. The lowest BCUT2D eigenvalue weighted by molar-refractivity contribution is 0.0286. The molecule has 0 aliphatic carbocycles. The van der Waals surface area contributed by atoms with Crippen LogP contribution in [0.5, 0.6) is 11.5 Å². The summed E-state index contributed by atoms with van der Waals surface area (Å²) in [4.78, 5) is 0. The molecule has 0 radical (unpaired) electrons. The van der Waals surface area contributed by atoms with E-state index in [1.54, 1.807) is 0 Å². The largest absolute Gasteiger partial charge is 0.457 e. The second kappa shape index (κ2) is 8.02. The Kier molecular flexibility index (Phi) is 5.27. The minimum Gasteiger partial charge on any atom is -0.457 e. The van der Waals surface area contributed by atoms with Crippen LogP contribution in [0.2, 0.25) is 19.6 Å². The van der Waals surface area contributed by atoms with Crippen LogP contribution in [0.4, 0.5) is 0 Å². The summed E-state index contributed by atoms with van der Waals surface area (Å²) >= 11 is 0. The van der Waals surface area contributed by atoms with Crippen molar-refractivity contribution < 1.29 is 9.16 Å². The van der Waals surface area contributed by atoms with Gasteiger partial charge in [0.2, 0.25) is 0 Å². The van der Waals surface area contributed by atoms with Gasteiger partial charge < -0.3 is 9.16 Å². The lowest BCUT2D eigenvalue weighted by Gasteiger charge is -2.54. The van der Waals surface area contributed by atoms with Gasteiger partial charge in [-0.15, -0.1) is 0 Å². The van der Waals surface area contributed by atoms with Gasteiger partial charge in [-0.3, -0.25) is 0 Å². The third kappa shape index (κ3) is 3.43. The normalized spacial score (nSPS) is 14.7. The van der Waals surface area contributed by atoms with Crippen molar-refractivity contribution in [1.29, 1.82) is 0 Å². The van der Waals surface area contributed by atoms with E-state index >= 15 is 0 Å². The second-order valence-corrected chi connectivity index (χ2v) is 14.3. The molecule has 5 rings (SSSR count). The minimum atomic E-state index is -2.09. The highest BCUT2D eigenvalue weighted by molar-refractivity contribution is 6.69. The zero-order valence-electron chi connectivity index (χ0n) is 19.7. The molecule has 0 saturated carbocycles. The Bertz CT molecular complexity index is 1170. The number of hydrogen-bond donors (Lipinski definition) is 0. The summed E-state index contributed by atoms with van der Waals surface area (Å²) < 4.78 is 13.9. The molecule has 1 aliphatic heterocycles. The summed E-state index contributed by atoms with van der Waals surface area (Å²) in [6.45, 7) is 9.14. The highest BCUT2D eigenvalue weighted by atomic mass is 28.4. The molecule has 0 atom stereocenters. The van der Waals surface area contributed by atoms with Crippen LogP contribution in [-0.2, 0) is 15.4 Å². The Balaban J connectivity index is 1.97. The Hall–Kier alpha value is -3.14. The van der Waals surface area contributed by atoms with Gasteiger partial charge in [0.25, 0.3) is 0 Å². The average molecular weight is 451 g/mol. The van der Waals surface area contributed by atoms with Crippen LogP contribution < -0.4 is 4.74 Å². The zero-order valence-corrected chi connectivity index (χ0v) is 20.7. The molecule has 0 aromatic heterocycles. The third-order valence-electron chi connectivity index (χ3n) is 6.62. The maximum Gasteiger partial charge on any atom is 0.185 e. The van der Waals surface area contributed by atoms with E-state index in [0.717, 1.165) is 22.6 Å². The number of fused-ring (bicyclic) bond motifs is 2. The van der Waals surface area contributed by atoms with Crippen molar-refractivity contribution in [3.8, 4) is 11.5 Å². The summed E-state index contributed by atoms with van der Waals surface area (Å²) in [7, 11) is -2.09. The van der Waals surface area contributed by atoms with Gasteiger partial charge in [0.15, 0.2) is 8.32 Å². The van der Waals surface area contributed by atoms with Crippen LogP contribution in [-0.4, -0.2) is 8.32 Å². The first-order valence-electron chi connectivity index (χ1n) is 11.5. The van der Waals surface area contributed by atoms with Crippen molar-refractivity contribution in [2.75, 3.05) is 0 Å². The number of benzene rings is 4. The van der Waals surface area contributed by atoms with E-state index in [4.69, 9.17) is 9.16 Å². The molecule has 0 saturated heterocycles. The van der Waals surface area contributed by atoms with Crippen LogP contribution in [0.3, 0.4) is 0 Å². The van der Waals surface area contributed by atoms with Gasteiger partial charge in [0.1, 0.15) is 17.1 Å². The quantitative estimate of drug-likeness (QED) is 0.288. The predicted molar refractivity (Wildman–Crippen MR) is 138 cm³/mol. The number of hydrogen-bond acceptors (Lipinski definition) is 2. The molecule has 166 valence electrons. The molecule has 4 aromatic carbocycles. The fourth-order valence-electron chi connectivity index (χ4n) is 5.28. The molecule has 33 heavy (non-hydrogen) atoms. The van der Waals surface area contributed by atoms with Crippen LogP contribution in [0.25, 0.3) is 0 Å². The van der Waals surface area contributed by atoms with Crippen molar-refractivity contribution in [2.24, 2.45) is 0 Å². The van der Waals surface area contributed by atoms with Crippen molar-refractivity contribution >= 4 is 8.32 Å². The maximum absolute atomic E-state index is 7.45.